The van der Waals surface area contributed by atoms with Crippen LogP contribution < -0.4 is 10.5 Å². The number of piperidine rings is 1. The topological polar surface area (TPSA) is 84.2 Å². The Bertz CT molecular complexity index is 906. The van der Waals surface area contributed by atoms with E-state index in [0.717, 1.165) is 24.4 Å². The lowest BCUT2D eigenvalue weighted by atomic mass is 9.92. The fraction of sp³-hybridized carbons (Fsp3) is 0.571. The zero-order valence-corrected chi connectivity index (χ0v) is 17.9. The number of hydrogen-bond donors (Lipinski definition) is 0. The fourth-order valence-corrected chi connectivity index (χ4v) is 3.41. The van der Waals surface area contributed by atoms with E-state index in [1.165, 1.54) is 0 Å². The first-order valence-electron chi connectivity index (χ1n) is 10.0. The van der Waals surface area contributed by atoms with Gasteiger partial charge >= 0.3 is 0 Å². The highest BCUT2D eigenvalue weighted by atomic mass is 16.2. The van der Waals surface area contributed by atoms with Gasteiger partial charge in [0.2, 0.25) is 0 Å². The van der Waals surface area contributed by atoms with Crippen molar-refractivity contribution >= 4 is 11.7 Å². The van der Waals surface area contributed by atoms with Crippen molar-refractivity contribution in [2.45, 2.75) is 45.6 Å². The second kappa shape index (κ2) is 8.31. The van der Waals surface area contributed by atoms with Crippen LogP contribution in [0.15, 0.2) is 29.3 Å². The predicted octanol–water partition coefficient (Wildman–Crippen LogP) is 1.95. The van der Waals surface area contributed by atoms with Crippen molar-refractivity contribution in [3.05, 3.63) is 46.3 Å². The number of carbonyl (C=O) groups excluding carboxylic acids is 1. The molecule has 0 aliphatic carbocycles. The Balaban J connectivity index is 1.58. The summed E-state index contributed by atoms with van der Waals surface area (Å²) in [6, 6.07) is 5.15. The summed E-state index contributed by atoms with van der Waals surface area (Å²) in [5.74, 6) is 0.979. The summed E-state index contributed by atoms with van der Waals surface area (Å²) in [7, 11) is 3.77. The van der Waals surface area contributed by atoms with Crippen molar-refractivity contribution < 1.29 is 4.79 Å². The zero-order valence-electron chi connectivity index (χ0n) is 17.9. The van der Waals surface area contributed by atoms with Gasteiger partial charge in [-0.3, -0.25) is 14.2 Å². The Morgan fingerprint density at radius 1 is 1.17 bits per heavy atom. The number of carbonyl (C=O) groups is 1. The molecule has 0 spiro atoms. The van der Waals surface area contributed by atoms with Crippen molar-refractivity contribution in [2.75, 3.05) is 32.1 Å². The third-order valence-electron chi connectivity index (χ3n) is 5.33. The molecule has 2 aromatic rings. The smallest absolute Gasteiger partial charge is 0.274 e. The van der Waals surface area contributed by atoms with Gasteiger partial charge in [0.05, 0.1) is 12.0 Å². The molecule has 0 bridgehead atoms. The zero-order chi connectivity index (χ0) is 21.2. The average Bonchev–Trinajstić information content (AvgIpc) is 2.69. The number of anilines is 1. The monoisotopic (exact) mass is 398 g/mol. The SMILES string of the molecule is CN(C)c1ccc(C(=O)N2CCC(Cn3cnc(C(C)(C)C)cc3=O)CC2)nn1. The molecular weight excluding hydrogens is 368 g/mol. The van der Waals surface area contributed by atoms with Gasteiger partial charge in [-0.25, -0.2) is 4.98 Å². The van der Waals surface area contributed by atoms with Crippen LogP contribution in [0.2, 0.25) is 0 Å². The molecule has 0 atom stereocenters. The van der Waals surface area contributed by atoms with E-state index in [4.69, 9.17) is 0 Å². The molecule has 1 amide bonds. The Hall–Kier alpha value is -2.77. The number of hydrogen-bond acceptors (Lipinski definition) is 6. The second-order valence-electron chi connectivity index (χ2n) is 8.92. The molecule has 3 rings (SSSR count). The molecule has 29 heavy (non-hydrogen) atoms. The van der Waals surface area contributed by atoms with Crippen molar-refractivity contribution in [1.82, 2.24) is 24.6 Å². The van der Waals surface area contributed by atoms with Crippen LogP contribution in [0, 0.1) is 5.92 Å². The Morgan fingerprint density at radius 3 is 2.38 bits per heavy atom. The van der Waals surface area contributed by atoms with E-state index in [1.807, 2.05) is 44.7 Å². The highest BCUT2D eigenvalue weighted by Crippen LogP contribution is 2.21. The molecule has 1 aliphatic rings. The molecule has 1 aliphatic heterocycles. The fourth-order valence-electron chi connectivity index (χ4n) is 3.41. The molecular formula is C21H30N6O2. The van der Waals surface area contributed by atoms with Gasteiger partial charge in [-0.2, -0.15) is 0 Å². The molecule has 1 saturated heterocycles. The highest BCUT2D eigenvalue weighted by molar-refractivity contribution is 5.92. The van der Waals surface area contributed by atoms with Gasteiger partial charge in [0.15, 0.2) is 11.5 Å². The van der Waals surface area contributed by atoms with Crippen molar-refractivity contribution in [1.29, 1.82) is 0 Å². The standard InChI is InChI=1S/C21H30N6O2/c1-21(2,3)17-12-19(28)27(14-22-17)13-15-8-10-26(11-9-15)20(29)16-6-7-18(24-23-16)25(4)5/h6-7,12,14-15H,8-11,13H2,1-5H3. The van der Waals surface area contributed by atoms with Gasteiger partial charge < -0.3 is 9.80 Å². The average molecular weight is 399 g/mol. The Morgan fingerprint density at radius 2 is 1.86 bits per heavy atom. The third kappa shape index (κ3) is 4.99. The van der Waals surface area contributed by atoms with E-state index < -0.39 is 0 Å². The lowest BCUT2D eigenvalue weighted by molar-refractivity contribution is 0.0675. The molecule has 0 unspecified atom stereocenters. The molecule has 0 N–H and O–H groups in total. The minimum absolute atomic E-state index is 0.0142. The van der Waals surface area contributed by atoms with Crippen molar-refractivity contribution in [2.24, 2.45) is 5.92 Å². The van der Waals surface area contributed by atoms with Crippen LogP contribution in [0.5, 0.6) is 0 Å². The molecule has 1 fully saturated rings. The molecule has 2 aromatic heterocycles. The number of rotatable bonds is 4. The largest absolute Gasteiger partial charge is 0.361 e. The van der Waals surface area contributed by atoms with Crippen LogP contribution in [0.4, 0.5) is 5.82 Å². The van der Waals surface area contributed by atoms with Gasteiger partial charge in [-0.15, -0.1) is 10.2 Å². The summed E-state index contributed by atoms with van der Waals surface area (Å²) in [4.78, 5) is 33.2. The minimum Gasteiger partial charge on any atom is -0.361 e. The van der Waals surface area contributed by atoms with Gasteiger partial charge in [0.25, 0.3) is 11.5 Å². The van der Waals surface area contributed by atoms with E-state index in [9.17, 15) is 9.59 Å². The lowest BCUT2D eigenvalue weighted by Crippen LogP contribution is -2.40. The second-order valence-corrected chi connectivity index (χ2v) is 8.92. The summed E-state index contributed by atoms with van der Waals surface area (Å²) in [6.45, 7) is 8.08. The quantitative estimate of drug-likeness (QED) is 0.783. The number of likely N-dealkylation sites (tertiary alicyclic amines) is 1. The molecule has 3 heterocycles. The van der Waals surface area contributed by atoms with Crippen molar-refractivity contribution in [3.8, 4) is 0 Å². The summed E-state index contributed by atoms with van der Waals surface area (Å²) in [5, 5.41) is 8.15. The summed E-state index contributed by atoms with van der Waals surface area (Å²) in [6.07, 6.45) is 3.35. The van der Waals surface area contributed by atoms with E-state index in [2.05, 4.69) is 15.2 Å². The maximum absolute atomic E-state index is 12.7. The summed E-state index contributed by atoms with van der Waals surface area (Å²) < 4.78 is 1.68. The maximum atomic E-state index is 12.7. The van der Waals surface area contributed by atoms with E-state index in [-0.39, 0.29) is 16.9 Å². The third-order valence-corrected chi connectivity index (χ3v) is 5.33. The lowest BCUT2D eigenvalue weighted by Gasteiger charge is -2.32. The normalized spacial score (nSPS) is 15.4. The van der Waals surface area contributed by atoms with Crippen molar-refractivity contribution in [3.63, 3.8) is 0 Å². The van der Waals surface area contributed by atoms with Crippen LogP contribution in [0.1, 0.15) is 49.8 Å². The Kier molecular flexibility index (Phi) is 6.00. The van der Waals surface area contributed by atoms with E-state index in [0.29, 0.717) is 31.2 Å². The highest BCUT2D eigenvalue weighted by Gasteiger charge is 2.25. The maximum Gasteiger partial charge on any atom is 0.274 e. The van der Waals surface area contributed by atoms with Crippen LogP contribution >= 0.6 is 0 Å². The predicted molar refractivity (Wildman–Crippen MR) is 112 cm³/mol. The first-order valence-corrected chi connectivity index (χ1v) is 10.0. The van der Waals surface area contributed by atoms with Crippen LogP contribution in [-0.2, 0) is 12.0 Å². The summed E-state index contributed by atoms with van der Waals surface area (Å²) >= 11 is 0. The minimum atomic E-state index is -0.141. The molecule has 8 nitrogen and oxygen atoms in total. The molecule has 8 heteroatoms. The van der Waals surface area contributed by atoms with Gasteiger partial charge in [0, 0.05) is 45.2 Å². The van der Waals surface area contributed by atoms with E-state index >= 15 is 0 Å². The Labute approximate surface area is 171 Å². The number of nitrogens with zero attached hydrogens (tertiary/aromatic N) is 6. The van der Waals surface area contributed by atoms with Crippen LogP contribution in [0.3, 0.4) is 0 Å². The van der Waals surface area contributed by atoms with E-state index in [1.54, 1.807) is 29.1 Å². The van der Waals surface area contributed by atoms with Crippen LogP contribution in [-0.4, -0.2) is 57.7 Å². The summed E-state index contributed by atoms with van der Waals surface area (Å²) in [5.41, 5.74) is 1.02. The number of amides is 1. The molecule has 0 radical (unpaired) electrons. The molecule has 0 saturated carbocycles. The van der Waals surface area contributed by atoms with Gasteiger partial charge in [-0.1, -0.05) is 20.8 Å². The number of aromatic nitrogens is 4. The molecule has 156 valence electrons. The van der Waals surface area contributed by atoms with Gasteiger partial charge in [-0.05, 0) is 30.9 Å². The molecule has 0 aromatic carbocycles. The van der Waals surface area contributed by atoms with Gasteiger partial charge in [0.1, 0.15) is 0 Å². The van der Waals surface area contributed by atoms with Crippen LogP contribution in [0.25, 0.3) is 0 Å². The first-order chi connectivity index (χ1) is 13.6. The first kappa shape index (κ1) is 21.0.